The molecule has 1 aromatic rings. The van der Waals surface area contributed by atoms with Crippen molar-refractivity contribution in [2.45, 2.75) is 32.1 Å². The highest BCUT2D eigenvalue weighted by Crippen LogP contribution is 2.33. The molecular formula is C12H13Cl3N2. The topological polar surface area (TPSA) is 24.4 Å². The van der Waals surface area contributed by atoms with Crippen molar-refractivity contribution < 1.29 is 0 Å². The molecule has 0 bridgehead atoms. The van der Waals surface area contributed by atoms with E-state index in [9.17, 15) is 0 Å². The number of anilines is 1. The summed E-state index contributed by atoms with van der Waals surface area (Å²) in [4.78, 5) is 0. The molecule has 1 N–H and O–H groups in total. The zero-order chi connectivity index (χ0) is 12.3. The fraction of sp³-hybridized carbons (Fsp3) is 0.417. The molecule has 2 rings (SSSR count). The lowest BCUT2D eigenvalue weighted by atomic mass is 9.99. The van der Waals surface area contributed by atoms with Crippen LogP contribution in [0.15, 0.2) is 17.2 Å². The number of rotatable bonds is 2. The second kappa shape index (κ2) is 5.94. The monoisotopic (exact) mass is 290 g/mol. The van der Waals surface area contributed by atoms with E-state index >= 15 is 0 Å². The van der Waals surface area contributed by atoms with Crippen LogP contribution in [0.1, 0.15) is 32.1 Å². The lowest BCUT2D eigenvalue weighted by Gasteiger charge is -2.13. The van der Waals surface area contributed by atoms with Crippen LogP contribution in [0, 0.1) is 0 Å². The maximum atomic E-state index is 6.05. The maximum Gasteiger partial charge on any atom is 0.0935 e. The maximum absolute atomic E-state index is 6.05. The molecule has 2 nitrogen and oxygen atoms in total. The van der Waals surface area contributed by atoms with Crippen LogP contribution in [0.25, 0.3) is 0 Å². The smallest absolute Gasteiger partial charge is 0.0935 e. The molecule has 0 aromatic heterocycles. The summed E-state index contributed by atoms with van der Waals surface area (Å²) in [5.74, 6) is 0. The van der Waals surface area contributed by atoms with E-state index in [-0.39, 0.29) is 0 Å². The fourth-order valence-electron chi connectivity index (χ4n) is 1.86. The van der Waals surface area contributed by atoms with Crippen LogP contribution in [0.4, 0.5) is 5.69 Å². The van der Waals surface area contributed by atoms with Crippen molar-refractivity contribution in [3.63, 3.8) is 0 Å². The van der Waals surface area contributed by atoms with E-state index < -0.39 is 0 Å². The van der Waals surface area contributed by atoms with Gasteiger partial charge < -0.3 is 0 Å². The van der Waals surface area contributed by atoms with Gasteiger partial charge >= 0.3 is 0 Å². The zero-order valence-corrected chi connectivity index (χ0v) is 11.5. The molecule has 92 valence electrons. The highest BCUT2D eigenvalue weighted by Gasteiger charge is 2.09. The van der Waals surface area contributed by atoms with Crippen LogP contribution in [0.3, 0.4) is 0 Å². The van der Waals surface area contributed by atoms with E-state index in [1.165, 1.54) is 25.0 Å². The molecule has 0 aliphatic heterocycles. The largest absolute Gasteiger partial charge is 0.276 e. The first kappa shape index (κ1) is 13.0. The second-order valence-electron chi connectivity index (χ2n) is 4.09. The predicted molar refractivity (Wildman–Crippen MR) is 75.6 cm³/mol. The summed E-state index contributed by atoms with van der Waals surface area (Å²) < 4.78 is 0. The molecular weight excluding hydrogens is 279 g/mol. The number of nitrogens with zero attached hydrogens (tertiary/aromatic N) is 1. The van der Waals surface area contributed by atoms with Gasteiger partial charge in [-0.05, 0) is 37.8 Å². The molecule has 0 heterocycles. The first-order valence-electron chi connectivity index (χ1n) is 5.63. The Labute approximate surface area is 116 Å². The third-order valence-corrected chi connectivity index (χ3v) is 3.58. The lowest BCUT2D eigenvalue weighted by molar-refractivity contribution is 0.665. The Morgan fingerprint density at radius 3 is 2.12 bits per heavy atom. The number of halogens is 3. The third-order valence-electron chi connectivity index (χ3n) is 2.76. The number of hydrogen-bond acceptors (Lipinski definition) is 2. The Morgan fingerprint density at radius 1 is 0.941 bits per heavy atom. The van der Waals surface area contributed by atoms with Crippen LogP contribution in [0.5, 0.6) is 0 Å². The van der Waals surface area contributed by atoms with Crippen molar-refractivity contribution in [1.29, 1.82) is 0 Å². The van der Waals surface area contributed by atoms with Crippen molar-refractivity contribution >= 4 is 46.2 Å². The standard InChI is InChI=1S/C12H13Cl3N2/c13-8-6-10(14)12(11(15)7-8)17-16-9-4-2-1-3-5-9/h6-7,17H,1-5H2. The molecule has 0 amide bonds. The Kier molecular flexibility index (Phi) is 4.55. The normalized spacial score (nSPS) is 15.8. The Morgan fingerprint density at radius 2 is 1.53 bits per heavy atom. The number of hydrogen-bond donors (Lipinski definition) is 1. The lowest BCUT2D eigenvalue weighted by Crippen LogP contribution is -2.07. The molecule has 1 aliphatic rings. The van der Waals surface area contributed by atoms with E-state index in [1.54, 1.807) is 12.1 Å². The molecule has 5 heteroatoms. The quantitative estimate of drug-likeness (QED) is 0.727. The Balaban J connectivity index is 2.13. The first-order chi connectivity index (χ1) is 8.16. The number of nitrogens with one attached hydrogen (secondary N) is 1. The van der Waals surface area contributed by atoms with Crippen molar-refractivity contribution in [3.05, 3.63) is 27.2 Å². The molecule has 17 heavy (non-hydrogen) atoms. The van der Waals surface area contributed by atoms with E-state index in [2.05, 4.69) is 10.5 Å². The minimum absolute atomic E-state index is 0.489. The van der Waals surface area contributed by atoms with Gasteiger partial charge in [0, 0.05) is 10.7 Å². The average molecular weight is 292 g/mol. The van der Waals surface area contributed by atoms with Crippen LogP contribution in [-0.2, 0) is 0 Å². The minimum atomic E-state index is 0.489. The van der Waals surface area contributed by atoms with Gasteiger partial charge in [-0.3, -0.25) is 5.43 Å². The van der Waals surface area contributed by atoms with Crippen molar-refractivity contribution in [2.24, 2.45) is 5.10 Å². The summed E-state index contributed by atoms with van der Waals surface area (Å²) in [6.45, 7) is 0. The molecule has 0 spiro atoms. The van der Waals surface area contributed by atoms with E-state index in [0.29, 0.717) is 20.8 Å². The van der Waals surface area contributed by atoms with Crippen molar-refractivity contribution in [2.75, 3.05) is 5.43 Å². The van der Waals surface area contributed by atoms with Crippen LogP contribution >= 0.6 is 34.8 Å². The van der Waals surface area contributed by atoms with Crippen molar-refractivity contribution in [1.82, 2.24) is 0 Å². The van der Waals surface area contributed by atoms with Crippen LogP contribution in [-0.4, -0.2) is 5.71 Å². The molecule has 1 fully saturated rings. The zero-order valence-electron chi connectivity index (χ0n) is 9.27. The summed E-state index contributed by atoms with van der Waals surface area (Å²) in [5, 5.41) is 5.86. The highest BCUT2D eigenvalue weighted by atomic mass is 35.5. The Hall–Kier alpha value is -0.440. The average Bonchev–Trinajstić information content (AvgIpc) is 2.29. The highest BCUT2D eigenvalue weighted by molar-refractivity contribution is 6.41. The summed E-state index contributed by atoms with van der Waals surface area (Å²) in [6, 6.07) is 3.30. The van der Waals surface area contributed by atoms with Crippen LogP contribution < -0.4 is 5.43 Å². The van der Waals surface area contributed by atoms with Gasteiger partial charge in [0.2, 0.25) is 0 Å². The van der Waals surface area contributed by atoms with Crippen molar-refractivity contribution in [3.8, 4) is 0 Å². The first-order valence-corrected chi connectivity index (χ1v) is 6.76. The van der Waals surface area contributed by atoms with Gasteiger partial charge in [-0.2, -0.15) is 5.10 Å². The summed E-state index contributed by atoms with van der Waals surface area (Å²) in [6.07, 6.45) is 5.82. The predicted octanol–water partition coefficient (Wildman–Crippen LogP) is 5.38. The minimum Gasteiger partial charge on any atom is -0.276 e. The molecule has 1 aromatic carbocycles. The van der Waals surface area contributed by atoms with Gasteiger partial charge in [-0.15, -0.1) is 0 Å². The molecule has 0 unspecified atom stereocenters. The van der Waals surface area contributed by atoms with Gasteiger partial charge in [-0.25, -0.2) is 0 Å². The van der Waals surface area contributed by atoms with Gasteiger partial charge in [-0.1, -0.05) is 41.2 Å². The summed E-state index contributed by atoms with van der Waals surface area (Å²) >= 11 is 17.9. The molecule has 1 aliphatic carbocycles. The van der Waals surface area contributed by atoms with E-state index in [4.69, 9.17) is 34.8 Å². The van der Waals surface area contributed by atoms with Gasteiger partial charge in [0.05, 0.1) is 15.7 Å². The molecule has 0 radical (unpaired) electrons. The molecule has 0 atom stereocenters. The van der Waals surface area contributed by atoms with Crippen LogP contribution in [0.2, 0.25) is 15.1 Å². The SMILES string of the molecule is Clc1cc(Cl)c(NN=C2CCCCC2)c(Cl)c1. The summed E-state index contributed by atoms with van der Waals surface area (Å²) in [5.41, 5.74) is 4.74. The number of hydrazone groups is 1. The Bertz CT molecular complexity index is 412. The van der Waals surface area contributed by atoms with Gasteiger partial charge in [0.1, 0.15) is 0 Å². The van der Waals surface area contributed by atoms with E-state index in [0.717, 1.165) is 12.8 Å². The molecule has 1 saturated carbocycles. The fourth-order valence-corrected chi connectivity index (χ4v) is 2.76. The second-order valence-corrected chi connectivity index (χ2v) is 5.35. The third kappa shape index (κ3) is 3.51. The van der Waals surface area contributed by atoms with Gasteiger partial charge in [0.15, 0.2) is 0 Å². The van der Waals surface area contributed by atoms with E-state index in [1.807, 2.05) is 0 Å². The molecule has 0 saturated heterocycles. The number of benzene rings is 1. The summed E-state index contributed by atoms with van der Waals surface area (Å²) in [7, 11) is 0. The van der Waals surface area contributed by atoms with Gasteiger partial charge in [0.25, 0.3) is 0 Å².